The van der Waals surface area contributed by atoms with E-state index in [9.17, 15) is 9.59 Å². The van der Waals surface area contributed by atoms with Crippen molar-refractivity contribution in [3.8, 4) is 0 Å². The number of aromatic nitrogens is 1. The molecule has 25 heavy (non-hydrogen) atoms. The maximum absolute atomic E-state index is 12.4. The zero-order chi connectivity index (χ0) is 18.2. The van der Waals surface area contributed by atoms with Gasteiger partial charge in [-0.05, 0) is 44.9 Å². The van der Waals surface area contributed by atoms with E-state index in [1.54, 1.807) is 6.20 Å². The topological polar surface area (TPSA) is 74.4 Å². The quantitative estimate of drug-likeness (QED) is 0.877. The number of likely N-dealkylation sites (tertiary alicyclic amines) is 1. The number of carbonyl (C=O) groups excluding carboxylic acids is 2. The standard InChI is InChI=1S/C18H22ClN3O3/c1-18(2,3)25-17(24)22-7-6-15(22)16(23)21-9-11-4-5-14-12(8-11)13(19)10-20-14/h4-5,8,10,15,20H,6-7,9H2,1-3H3,(H,21,23)/t15-/m0/s1. The molecule has 2 aromatic rings. The highest BCUT2D eigenvalue weighted by Crippen LogP contribution is 2.24. The number of ether oxygens (including phenoxy) is 1. The van der Waals surface area contributed by atoms with Crippen LogP contribution in [0.1, 0.15) is 32.8 Å². The predicted octanol–water partition coefficient (Wildman–Crippen LogP) is 3.45. The summed E-state index contributed by atoms with van der Waals surface area (Å²) in [7, 11) is 0. The molecular formula is C18H22ClN3O3. The largest absolute Gasteiger partial charge is 0.444 e. The Bertz CT molecular complexity index is 809. The molecule has 1 aliphatic heterocycles. The van der Waals surface area contributed by atoms with Gasteiger partial charge in [-0.25, -0.2) is 4.79 Å². The molecule has 1 saturated heterocycles. The van der Waals surface area contributed by atoms with E-state index >= 15 is 0 Å². The van der Waals surface area contributed by atoms with Gasteiger partial charge in [-0.3, -0.25) is 9.69 Å². The molecule has 0 saturated carbocycles. The smallest absolute Gasteiger partial charge is 0.410 e. The van der Waals surface area contributed by atoms with Crippen LogP contribution >= 0.6 is 11.6 Å². The van der Waals surface area contributed by atoms with Crippen LogP contribution in [0.25, 0.3) is 10.9 Å². The van der Waals surface area contributed by atoms with Crippen molar-refractivity contribution in [2.24, 2.45) is 0 Å². The maximum Gasteiger partial charge on any atom is 0.410 e. The van der Waals surface area contributed by atoms with Crippen LogP contribution in [0, 0.1) is 0 Å². The predicted molar refractivity (Wildman–Crippen MR) is 96.5 cm³/mol. The maximum atomic E-state index is 12.4. The second-order valence-electron chi connectivity index (χ2n) is 7.21. The molecular weight excluding hydrogens is 342 g/mol. The van der Waals surface area contributed by atoms with E-state index in [2.05, 4.69) is 10.3 Å². The van der Waals surface area contributed by atoms with Gasteiger partial charge in [0.2, 0.25) is 5.91 Å². The van der Waals surface area contributed by atoms with E-state index in [0.717, 1.165) is 16.5 Å². The first-order chi connectivity index (χ1) is 11.7. The third kappa shape index (κ3) is 3.90. The second-order valence-corrected chi connectivity index (χ2v) is 7.62. The number of amides is 2. The molecule has 0 radical (unpaired) electrons. The zero-order valence-electron chi connectivity index (χ0n) is 14.6. The average Bonchev–Trinajstić information content (AvgIpc) is 2.83. The molecule has 0 aliphatic carbocycles. The summed E-state index contributed by atoms with van der Waals surface area (Å²) in [4.78, 5) is 29.0. The van der Waals surface area contributed by atoms with Gasteiger partial charge < -0.3 is 15.0 Å². The van der Waals surface area contributed by atoms with Gasteiger partial charge in [0.15, 0.2) is 0 Å². The van der Waals surface area contributed by atoms with Crippen LogP contribution in [-0.4, -0.2) is 40.1 Å². The van der Waals surface area contributed by atoms with E-state index in [-0.39, 0.29) is 5.91 Å². The Morgan fingerprint density at radius 2 is 2.16 bits per heavy atom. The van der Waals surface area contributed by atoms with Gasteiger partial charge in [0.05, 0.1) is 5.02 Å². The van der Waals surface area contributed by atoms with Crippen molar-refractivity contribution in [1.29, 1.82) is 0 Å². The van der Waals surface area contributed by atoms with Gasteiger partial charge in [0.1, 0.15) is 11.6 Å². The monoisotopic (exact) mass is 363 g/mol. The van der Waals surface area contributed by atoms with Crippen molar-refractivity contribution in [3.63, 3.8) is 0 Å². The number of fused-ring (bicyclic) bond motifs is 1. The van der Waals surface area contributed by atoms with Crippen molar-refractivity contribution in [3.05, 3.63) is 35.0 Å². The molecule has 2 amide bonds. The fourth-order valence-electron chi connectivity index (χ4n) is 2.75. The highest BCUT2D eigenvalue weighted by atomic mass is 35.5. The van der Waals surface area contributed by atoms with Crippen molar-refractivity contribution in [2.45, 2.75) is 45.4 Å². The van der Waals surface area contributed by atoms with Crippen molar-refractivity contribution >= 4 is 34.5 Å². The van der Waals surface area contributed by atoms with Crippen molar-refractivity contribution < 1.29 is 14.3 Å². The SMILES string of the molecule is CC(C)(C)OC(=O)N1CC[C@H]1C(=O)NCc1ccc2[nH]cc(Cl)c2c1. The summed E-state index contributed by atoms with van der Waals surface area (Å²) >= 11 is 6.12. The molecule has 0 bridgehead atoms. The minimum atomic E-state index is -0.570. The molecule has 1 aromatic carbocycles. The average molecular weight is 364 g/mol. The van der Waals surface area contributed by atoms with Crippen LogP contribution in [0.5, 0.6) is 0 Å². The highest BCUT2D eigenvalue weighted by molar-refractivity contribution is 6.35. The molecule has 2 N–H and O–H groups in total. The minimum Gasteiger partial charge on any atom is -0.444 e. The lowest BCUT2D eigenvalue weighted by Gasteiger charge is -2.40. The Morgan fingerprint density at radius 1 is 1.40 bits per heavy atom. The van der Waals surface area contributed by atoms with Gasteiger partial charge in [0, 0.05) is 30.2 Å². The van der Waals surface area contributed by atoms with Crippen LogP contribution in [0.3, 0.4) is 0 Å². The summed E-state index contributed by atoms with van der Waals surface area (Å²) in [6.07, 6.45) is 1.94. The molecule has 7 heteroatoms. The summed E-state index contributed by atoms with van der Waals surface area (Å²) in [6.45, 7) is 6.35. The number of aromatic amines is 1. The Balaban J connectivity index is 1.58. The molecule has 0 unspecified atom stereocenters. The highest BCUT2D eigenvalue weighted by Gasteiger charge is 2.39. The van der Waals surface area contributed by atoms with Crippen molar-refractivity contribution in [1.82, 2.24) is 15.2 Å². The Kier molecular flexibility index (Phi) is 4.64. The van der Waals surface area contributed by atoms with Gasteiger partial charge in [-0.2, -0.15) is 0 Å². The van der Waals surface area contributed by atoms with Gasteiger partial charge in [-0.1, -0.05) is 17.7 Å². The summed E-state index contributed by atoms with van der Waals surface area (Å²) < 4.78 is 5.33. The number of nitrogens with one attached hydrogen (secondary N) is 2. The number of halogens is 1. The fourth-order valence-corrected chi connectivity index (χ4v) is 2.96. The summed E-state index contributed by atoms with van der Waals surface area (Å²) in [6, 6.07) is 5.34. The van der Waals surface area contributed by atoms with E-state index in [0.29, 0.717) is 24.5 Å². The number of H-pyrrole nitrogens is 1. The van der Waals surface area contributed by atoms with Gasteiger partial charge >= 0.3 is 6.09 Å². The Labute approximate surface area is 151 Å². The fraction of sp³-hybridized carbons (Fsp3) is 0.444. The summed E-state index contributed by atoms with van der Waals surface area (Å²) in [5, 5.41) is 4.46. The number of hydrogen-bond donors (Lipinski definition) is 2. The number of rotatable bonds is 3. The van der Waals surface area contributed by atoms with E-state index in [4.69, 9.17) is 16.3 Å². The van der Waals surface area contributed by atoms with E-state index in [1.807, 2.05) is 39.0 Å². The van der Waals surface area contributed by atoms with E-state index in [1.165, 1.54) is 4.90 Å². The number of carbonyl (C=O) groups is 2. The van der Waals surface area contributed by atoms with Crippen molar-refractivity contribution in [2.75, 3.05) is 6.54 Å². The molecule has 1 aromatic heterocycles. The van der Waals surface area contributed by atoms with Crippen LogP contribution < -0.4 is 5.32 Å². The lowest BCUT2D eigenvalue weighted by Crippen LogP contribution is -2.59. The summed E-state index contributed by atoms with van der Waals surface area (Å²) in [5.41, 5.74) is 1.33. The Hall–Kier alpha value is -2.21. The molecule has 0 spiro atoms. The summed E-state index contributed by atoms with van der Waals surface area (Å²) in [5.74, 6) is -0.169. The third-order valence-electron chi connectivity index (χ3n) is 4.11. The lowest BCUT2D eigenvalue weighted by atomic mass is 10.0. The van der Waals surface area contributed by atoms with Crippen LogP contribution in [0.15, 0.2) is 24.4 Å². The Morgan fingerprint density at radius 3 is 2.80 bits per heavy atom. The molecule has 3 rings (SSSR count). The zero-order valence-corrected chi connectivity index (χ0v) is 15.3. The van der Waals surface area contributed by atoms with E-state index < -0.39 is 17.7 Å². The normalized spacial score (nSPS) is 17.3. The number of hydrogen-bond acceptors (Lipinski definition) is 3. The first-order valence-electron chi connectivity index (χ1n) is 8.27. The van der Waals surface area contributed by atoms with Crippen LogP contribution in [0.4, 0.5) is 4.79 Å². The van der Waals surface area contributed by atoms with Crippen LogP contribution in [-0.2, 0) is 16.1 Å². The minimum absolute atomic E-state index is 0.169. The molecule has 1 fully saturated rings. The number of nitrogens with zero attached hydrogens (tertiary/aromatic N) is 1. The second kappa shape index (κ2) is 6.59. The van der Waals surface area contributed by atoms with Crippen LogP contribution in [0.2, 0.25) is 5.02 Å². The molecule has 2 heterocycles. The van der Waals surface area contributed by atoms with Gasteiger partial charge in [-0.15, -0.1) is 0 Å². The number of benzene rings is 1. The molecule has 134 valence electrons. The lowest BCUT2D eigenvalue weighted by molar-refractivity contribution is -0.130. The molecule has 6 nitrogen and oxygen atoms in total. The molecule has 1 aliphatic rings. The first-order valence-corrected chi connectivity index (χ1v) is 8.65. The third-order valence-corrected chi connectivity index (χ3v) is 4.43. The van der Waals surface area contributed by atoms with Gasteiger partial charge in [0.25, 0.3) is 0 Å². The molecule has 1 atom stereocenters. The first kappa shape index (κ1) is 17.6.